The summed E-state index contributed by atoms with van der Waals surface area (Å²) in [7, 11) is 0. The van der Waals surface area contributed by atoms with E-state index in [0.29, 0.717) is 34.7 Å². The largest absolute Gasteiger partial charge is 0.493 e. The molecule has 0 spiro atoms. The highest BCUT2D eigenvalue weighted by atomic mass is 19.1. The fourth-order valence-electron chi connectivity index (χ4n) is 3.74. The average molecular weight is 447 g/mol. The first kappa shape index (κ1) is 22.5. The Labute approximate surface area is 191 Å². The van der Waals surface area contributed by atoms with Gasteiger partial charge in [-0.2, -0.15) is 5.10 Å². The van der Waals surface area contributed by atoms with Gasteiger partial charge >= 0.3 is 0 Å². The maximum atomic E-state index is 15.0. The van der Waals surface area contributed by atoms with E-state index in [1.807, 2.05) is 31.2 Å². The molecule has 0 aliphatic heterocycles. The normalized spacial score (nSPS) is 11.0. The predicted molar refractivity (Wildman–Crippen MR) is 128 cm³/mol. The lowest BCUT2D eigenvalue weighted by molar-refractivity contribution is 0.303. The van der Waals surface area contributed by atoms with Gasteiger partial charge in [0.1, 0.15) is 17.9 Å². The van der Waals surface area contributed by atoms with Crippen LogP contribution in [0, 0.1) is 12.7 Å². The van der Waals surface area contributed by atoms with Crippen LogP contribution in [-0.2, 0) is 0 Å². The number of H-pyrrole nitrogens is 2. The number of hydrogen-bond acceptors (Lipinski definition) is 4. The molecule has 7 heteroatoms. The number of aromatic amines is 2. The van der Waals surface area contributed by atoms with Gasteiger partial charge in [-0.1, -0.05) is 56.0 Å². The van der Waals surface area contributed by atoms with Crippen molar-refractivity contribution >= 4 is 0 Å². The number of aryl methyl sites for hydroxylation is 1. The number of halogens is 1. The molecule has 170 valence electrons. The Morgan fingerprint density at radius 3 is 2.52 bits per heavy atom. The third-order valence-electron chi connectivity index (χ3n) is 5.53. The first-order valence-corrected chi connectivity index (χ1v) is 11.2. The van der Waals surface area contributed by atoms with Crippen molar-refractivity contribution in [3.8, 4) is 39.5 Å². The summed E-state index contributed by atoms with van der Waals surface area (Å²) in [5, 5.41) is 6.73. The third-order valence-corrected chi connectivity index (χ3v) is 5.53. The summed E-state index contributed by atoms with van der Waals surface area (Å²) < 4.78 is 20.7. The molecule has 6 nitrogen and oxygen atoms in total. The SMILES string of the molecule is CCCCCCOc1ccc(-c2cc(-c3ccc(C)cc3)c(-c3nc[nH]n3)c(=O)[nH]2)c(F)c1. The Kier molecular flexibility index (Phi) is 6.98. The van der Waals surface area contributed by atoms with Crippen LogP contribution in [0.4, 0.5) is 4.39 Å². The van der Waals surface area contributed by atoms with Gasteiger partial charge in [-0.25, -0.2) is 9.37 Å². The molecule has 0 saturated carbocycles. The van der Waals surface area contributed by atoms with Crippen molar-refractivity contribution in [2.45, 2.75) is 39.5 Å². The van der Waals surface area contributed by atoms with E-state index in [1.54, 1.807) is 18.2 Å². The molecule has 4 aromatic rings. The van der Waals surface area contributed by atoms with Crippen molar-refractivity contribution in [1.29, 1.82) is 0 Å². The molecule has 2 N–H and O–H groups in total. The van der Waals surface area contributed by atoms with Gasteiger partial charge in [-0.3, -0.25) is 9.89 Å². The number of nitrogens with one attached hydrogen (secondary N) is 2. The molecule has 2 aromatic carbocycles. The standard InChI is InChI=1S/C26H27FN4O2/c1-3-4-5-6-13-33-19-11-12-20(22(27)14-19)23-15-21(18-9-7-17(2)8-10-18)24(26(32)30-23)25-28-16-29-31-25/h7-12,14-16H,3-6,13H2,1-2H3,(H,30,32)(H,28,29,31). The van der Waals surface area contributed by atoms with Gasteiger partial charge in [0.25, 0.3) is 5.56 Å². The van der Waals surface area contributed by atoms with Crippen LogP contribution in [0.15, 0.2) is 59.7 Å². The van der Waals surface area contributed by atoms with Crippen LogP contribution in [-0.4, -0.2) is 26.8 Å². The van der Waals surface area contributed by atoms with Crippen molar-refractivity contribution in [3.05, 3.63) is 76.6 Å². The summed E-state index contributed by atoms with van der Waals surface area (Å²) in [6, 6.07) is 14.3. The molecule has 0 fully saturated rings. The van der Waals surface area contributed by atoms with E-state index in [0.717, 1.165) is 36.8 Å². The average Bonchev–Trinajstić information content (AvgIpc) is 3.33. The number of ether oxygens (including phenoxy) is 1. The smallest absolute Gasteiger partial charge is 0.260 e. The lowest BCUT2D eigenvalue weighted by Gasteiger charge is -2.12. The van der Waals surface area contributed by atoms with Crippen molar-refractivity contribution in [2.24, 2.45) is 0 Å². The highest BCUT2D eigenvalue weighted by Crippen LogP contribution is 2.32. The van der Waals surface area contributed by atoms with E-state index < -0.39 is 11.4 Å². The predicted octanol–water partition coefficient (Wildman–Crippen LogP) is 5.90. The summed E-state index contributed by atoms with van der Waals surface area (Å²) >= 11 is 0. The number of aromatic nitrogens is 4. The Morgan fingerprint density at radius 2 is 1.82 bits per heavy atom. The molecule has 0 radical (unpaired) electrons. The fourth-order valence-corrected chi connectivity index (χ4v) is 3.74. The van der Waals surface area contributed by atoms with Crippen LogP contribution < -0.4 is 10.3 Å². The molecule has 2 heterocycles. The highest BCUT2D eigenvalue weighted by molar-refractivity contribution is 5.83. The number of rotatable bonds is 9. The van der Waals surface area contributed by atoms with E-state index in [-0.39, 0.29) is 5.82 Å². The maximum Gasteiger partial charge on any atom is 0.260 e. The van der Waals surface area contributed by atoms with Crippen LogP contribution in [0.1, 0.15) is 38.2 Å². The van der Waals surface area contributed by atoms with Crippen LogP contribution in [0.3, 0.4) is 0 Å². The van der Waals surface area contributed by atoms with E-state index in [1.165, 1.54) is 12.4 Å². The molecule has 0 saturated heterocycles. The summed E-state index contributed by atoms with van der Waals surface area (Å²) in [6.45, 7) is 4.70. The molecule has 4 rings (SSSR count). The number of pyridine rings is 1. The van der Waals surface area contributed by atoms with Crippen molar-refractivity contribution < 1.29 is 9.13 Å². The molecular weight excluding hydrogens is 419 g/mol. The van der Waals surface area contributed by atoms with Gasteiger partial charge in [0.15, 0.2) is 5.82 Å². The first-order chi connectivity index (χ1) is 16.1. The zero-order valence-electron chi connectivity index (χ0n) is 18.8. The summed E-state index contributed by atoms with van der Waals surface area (Å²) in [4.78, 5) is 20.0. The van der Waals surface area contributed by atoms with Gasteiger partial charge in [-0.15, -0.1) is 0 Å². The molecule has 0 aliphatic carbocycles. The van der Waals surface area contributed by atoms with Crippen LogP contribution in [0.25, 0.3) is 33.8 Å². The fraction of sp³-hybridized carbons (Fsp3) is 0.269. The molecule has 0 atom stereocenters. The summed E-state index contributed by atoms with van der Waals surface area (Å²) in [6.07, 6.45) is 5.77. The molecule has 2 aromatic heterocycles. The van der Waals surface area contributed by atoms with E-state index >= 15 is 4.39 Å². The molecular formula is C26H27FN4O2. The Morgan fingerprint density at radius 1 is 1.00 bits per heavy atom. The van der Waals surface area contributed by atoms with E-state index in [9.17, 15) is 4.79 Å². The lowest BCUT2D eigenvalue weighted by Crippen LogP contribution is -2.13. The minimum atomic E-state index is -0.461. The number of benzene rings is 2. The zero-order chi connectivity index (χ0) is 23.2. The van der Waals surface area contributed by atoms with Gasteiger partial charge in [0.05, 0.1) is 17.9 Å². The topological polar surface area (TPSA) is 83.7 Å². The summed E-state index contributed by atoms with van der Waals surface area (Å²) in [5.41, 5.74) is 3.15. The lowest BCUT2D eigenvalue weighted by atomic mass is 9.97. The highest BCUT2D eigenvalue weighted by Gasteiger charge is 2.18. The van der Waals surface area contributed by atoms with Crippen molar-refractivity contribution in [3.63, 3.8) is 0 Å². The van der Waals surface area contributed by atoms with E-state index in [4.69, 9.17) is 4.74 Å². The monoisotopic (exact) mass is 446 g/mol. The zero-order valence-corrected chi connectivity index (χ0v) is 18.8. The quantitative estimate of drug-likeness (QED) is 0.314. The van der Waals surface area contributed by atoms with Crippen molar-refractivity contribution in [2.75, 3.05) is 6.61 Å². The maximum absolute atomic E-state index is 15.0. The number of unbranched alkanes of at least 4 members (excludes halogenated alkanes) is 3. The molecule has 33 heavy (non-hydrogen) atoms. The second kappa shape index (κ2) is 10.3. The van der Waals surface area contributed by atoms with Crippen LogP contribution in [0.2, 0.25) is 0 Å². The minimum Gasteiger partial charge on any atom is -0.493 e. The molecule has 0 unspecified atom stereocenters. The van der Waals surface area contributed by atoms with Crippen molar-refractivity contribution in [1.82, 2.24) is 20.2 Å². The number of hydrogen-bond donors (Lipinski definition) is 2. The van der Waals surface area contributed by atoms with Gasteiger partial charge in [-0.05, 0) is 37.1 Å². The molecule has 0 aliphatic rings. The van der Waals surface area contributed by atoms with E-state index in [2.05, 4.69) is 27.1 Å². The number of nitrogens with zero attached hydrogens (tertiary/aromatic N) is 2. The van der Waals surface area contributed by atoms with Gasteiger partial charge in [0.2, 0.25) is 0 Å². The second-order valence-electron chi connectivity index (χ2n) is 8.04. The Hall–Kier alpha value is -3.74. The molecule has 0 amide bonds. The summed E-state index contributed by atoms with van der Waals surface area (Å²) in [5.74, 6) is 0.300. The van der Waals surface area contributed by atoms with Crippen LogP contribution in [0.5, 0.6) is 5.75 Å². The Bertz CT molecular complexity index is 1260. The van der Waals surface area contributed by atoms with Gasteiger partial charge < -0.3 is 9.72 Å². The first-order valence-electron chi connectivity index (χ1n) is 11.2. The minimum absolute atomic E-state index is 0.283. The van der Waals surface area contributed by atoms with Gasteiger partial charge in [0, 0.05) is 17.2 Å². The van der Waals surface area contributed by atoms with Crippen LogP contribution >= 0.6 is 0 Å². The third kappa shape index (κ3) is 5.19. The Balaban J connectivity index is 1.70. The molecule has 0 bridgehead atoms. The second-order valence-corrected chi connectivity index (χ2v) is 8.04.